The number of benzene rings is 1. The molecule has 1 aliphatic heterocycles. The molecule has 0 spiro atoms. The molecule has 0 fully saturated rings. The second-order valence-corrected chi connectivity index (χ2v) is 6.72. The molecule has 2 heterocycles. The number of hydrogen-bond donors (Lipinski definition) is 1. The maximum Gasteiger partial charge on any atom is 0.344 e. The van der Waals surface area contributed by atoms with Crippen molar-refractivity contribution < 1.29 is 38.1 Å². The van der Waals surface area contributed by atoms with Gasteiger partial charge in [-0.3, -0.25) is 39.5 Å². The SMILES string of the molecule is CCOC(=O)c1c(NC(=O)CN2C(=O)c3cccc([N+](=O)[O-])c3C2=O)oc(C)c1C(C)=O. The number of anilines is 1. The fourth-order valence-electron chi connectivity index (χ4n) is 3.38. The van der Waals surface area contributed by atoms with Crippen molar-refractivity contribution in [1.82, 2.24) is 4.90 Å². The number of nitro benzene ring substituents is 1. The summed E-state index contributed by atoms with van der Waals surface area (Å²) < 4.78 is 10.3. The second-order valence-electron chi connectivity index (χ2n) is 6.72. The van der Waals surface area contributed by atoms with Gasteiger partial charge in [0.15, 0.2) is 5.78 Å². The van der Waals surface area contributed by atoms with Crippen LogP contribution >= 0.6 is 0 Å². The first-order valence-electron chi connectivity index (χ1n) is 9.33. The number of furan rings is 1. The third kappa shape index (κ3) is 3.73. The Balaban J connectivity index is 1.88. The Morgan fingerprint density at radius 2 is 1.88 bits per heavy atom. The molecule has 166 valence electrons. The van der Waals surface area contributed by atoms with Crippen LogP contribution in [0.3, 0.4) is 0 Å². The van der Waals surface area contributed by atoms with E-state index in [2.05, 4.69) is 5.32 Å². The molecule has 1 aromatic heterocycles. The standard InChI is InChI=1S/C20H17N3O9/c1-4-31-20(28)16-14(9(2)24)10(3)32-17(16)21-13(25)8-22-18(26)11-6-5-7-12(23(29)30)15(11)19(22)27/h5-7H,4,8H2,1-3H3,(H,21,25). The summed E-state index contributed by atoms with van der Waals surface area (Å²) >= 11 is 0. The number of Topliss-reactive ketones (excluding diaryl/α,β-unsaturated/α-hetero) is 1. The van der Waals surface area contributed by atoms with Crippen LogP contribution in [0.1, 0.15) is 61.0 Å². The van der Waals surface area contributed by atoms with Crippen LogP contribution in [-0.4, -0.2) is 52.4 Å². The average molecular weight is 443 g/mol. The van der Waals surface area contributed by atoms with Crippen LogP contribution in [-0.2, 0) is 9.53 Å². The van der Waals surface area contributed by atoms with Crippen LogP contribution in [0, 0.1) is 17.0 Å². The number of nitrogens with zero attached hydrogens (tertiary/aromatic N) is 2. The molecule has 0 radical (unpaired) electrons. The molecule has 1 aliphatic rings. The molecule has 0 bridgehead atoms. The number of fused-ring (bicyclic) bond motifs is 1. The highest BCUT2D eigenvalue weighted by Crippen LogP contribution is 2.31. The Morgan fingerprint density at radius 3 is 2.47 bits per heavy atom. The molecule has 0 saturated heterocycles. The zero-order valence-corrected chi connectivity index (χ0v) is 17.2. The van der Waals surface area contributed by atoms with Crippen molar-refractivity contribution in [3.63, 3.8) is 0 Å². The van der Waals surface area contributed by atoms with Crippen molar-refractivity contribution in [2.24, 2.45) is 0 Å². The molecule has 0 aliphatic carbocycles. The van der Waals surface area contributed by atoms with Crippen LogP contribution in [0.25, 0.3) is 0 Å². The van der Waals surface area contributed by atoms with Gasteiger partial charge in [-0.05, 0) is 26.8 Å². The highest BCUT2D eigenvalue weighted by Gasteiger charge is 2.42. The predicted octanol–water partition coefficient (Wildman–Crippen LogP) is 2.11. The number of carbonyl (C=O) groups excluding carboxylic acids is 5. The van der Waals surface area contributed by atoms with E-state index in [9.17, 15) is 34.1 Å². The first-order valence-corrected chi connectivity index (χ1v) is 9.33. The molecule has 3 rings (SSSR count). The van der Waals surface area contributed by atoms with Crippen LogP contribution in [0.5, 0.6) is 0 Å². The minimum absolute atomic E-state index is 0.00160. The van der Waals surface area contributed by atoms with Gasteiger partial charge >= 0.3 is 5.97 Å². The summed E-state index contributed by atoms with van der Waals surface area (Å²) in [6.45, 7) is 3.37. The van der Waals surface area contributed by atoms with Gasteiger partial charge in [-0.2, -0.15) is 0 Å². The number of aryl methyl sites for hydroxylation is 1. The Bertz CT molecular complexity index is 1200. The normalized spacial score (nSPS) is 12.5. The van der Waals surface area contributed by atoms with Gasteiger partial charge in [0.25, 0.3) is 17.5 Å². The Morgan fingerprint density at radius 1 is 1.19 bits per heavy atom. The summed E-state index contributed by atoms with van der Waals surface area (Å²) in [6, 6.07) is 3.58. The van der Waals surface area contributed by atoms with E-state index in [-0.39, 0.29) is 34.9 Å². The molecule has 0 saturated carbocycles. The number of carbonyl (C=O) groups is 5. The lowest BCUT2D eigenvalue weighted by Crippen LogP contribution is -2.37. The molecular weight excluding hydrogens is 426 g/mol. The fourth-order valence-corrected chi connectivity index (χ4v) is 3.38. The topological polar surface area (TPSA) is 166 Å². The van der Waals surface area contributed by atoms with Crippen molar-refractivity contribution in [3.8, 4) is 0 Å². The summed E-state index contributed by atoms with van der Waals surface area (Å²) in [7, 11) is 0. The quantitative estimate of drug-likeness (QED) is 0.222. The maximum atomic E-state index is 12.6. The monoisotopic (exact) mass is 443 g/mol. The third-order valence-corrected chi connectivity index (χ3v) is 4.64. The van der Waals surface area contributed by atoms with Gasteiger partial charge in [0.05, 0.1) is 22.7 Å². The van der Waals surface area contributed by atoms with Crippen LogP contribution in [0.2, 0.25) is 0 Å². The number of nitro groups is 1. The molecule has 3 amide bonds. The summed E-state index contributed by atoms with van der Waals surface area (Å²) in [5.41, 5.74) is -1.52. The summed E-state index contributed by atoms with van der Waals surface area (Å²) in [5, 5.41) is 13.4. The van der Waals surface area contributed by atoms with E-state index < -0.39 is 52.2 Å². The van der Waals surface area contributed by atoms with Gasteiger partial charge in [0.2, 0.25) is 11.8 Å². The molecule has 12 nitrogen and oxygen atoms in total. The lowest BCUT2D eigenvalue weighted by atomic mass is 10.1. The van der Waals surface area contributed by atoms with E-state index in [1.807, 2.05) is 0 Å². The minimum Gasteiger partial charge on any atom is -0.462 e. The summed E-state index contributed by atoms with van der Waals surface area (Å²) in [4.78, 5) is 72.9. The van der Waals surface area contributed by atoms with Gasteiger partial charge in [0.1, 0.15) is 23.4 Å². The van der Waals surface area contributed by atoms with E-state index in [1.54, 1.807) is 6.92 Å². The highest BCUT2D eigenvalue weighted by molar-refractivity contribution is 6.24. The lowest BCUT2D eigenvalue weighted by Gasteiger charge is -2.13. The maximum absolute atomic E-state index is 12.6. The Labute approximate surface area is 180 Å². The van der Waals surface area contributed by atoms with Crippen molar-refractivity contribution in [1.29, 1.82) is 0 Å². The lowest BCUT2D eigenvalue weighted by molar-refractivity contribution is -0.385. The zero-order chi connectivity index (χ0) is 23.7. The van der Waals surface area contributed by atoms with E-state index in [4.69, 9.17) is 9.15 Å². The second kappa shape index (κ2) is 8.41. The van der Waals surface area contributed by atoms with E-state index in [0.717, 1.165) is 6.07 Å². The number of amides is 3. The van der Waals surface area contributed by atoms with Gasteiger partial charge in [-0.25, -0.2) is 4.79 Å². The fraction of sp³-hybridized carbons (Fsp3) is 0.250. The summed E-state index contributed by atoms with van der Waals surface area (Å²) in [5.74, 6) is -4.53. The van der Waals surface area contributed by atoms with Crippen molar-refractivity contribution >= 4 is 41.0 Å². The molecule has 0 atom stereocenters. The number of rotatable bonds is 7. The van der Waals surface area contributed by atoms with Crippen molar-refractivity contribution in [2.45, 2.75) is 20.8 Å². The van der Waals surface area contributed by atoms with Crippen LogP contribution < -0.4 is 5.32 Å². The van der Waals surface area contributed by atoms with E-state index in [0.29, 0.717) is 4.90 Å². The molecule has 2 aromatic rings. The predicted molar refractivity (Wildman–Crippen MR) is 106 cm³/mol. The van der Waals surface area contributed by atoms with E-state index in [1.165, 1.54) is 26.0 Å². The number of ether oxygens (including phenoxy) is 1. The number of hydrogen-bond acceptors (Lipinski definition) is 9. The first-order chi connectivity index (χ1) is 15.1. The van der Waals surface area contributed by atoms with E-state index >= 15 is 0 Å². The van der Waals surface area contributed by atoms with Crippen LogP contribution in [0.4, 0.5) is 11.6 Å². The largest absolute Gasteiger partial charge is 0.462 e. The zero-order valence-electron chi connectivity index (χ0n) is 17.2. The number of esters is 1. The van der Waals surface area contributed by atoms with Gasteiger partial charge in [0, 0.05) is 6.07 Å². The third-order valence-electron chi connectivity index (χ3n) is 4.64. The minimum atomic E-state index is -1.00. The molecular formula is C20H17N3O9. The van der Waals surface area contributed by atoms with Crippen molar-refractivity contribution in [3.05, 3.63) is 56.3 Å². The molecule has 32 heavy (non-hydrogen) atoms. The van der Waals surface area contributed by atoms with Crippen molar-refractivity contribution in [2.75, 3.05) is 18.5 Å². The Hall–Kier alpha value is -4.35. The molecule has 1 aromatic carbocycles. The molecule has 1 N–H and O–H groups in total. The molecule has 12 heteroatoms. The Kier molecular flexibility index (Phi) is 5.87. The number of ketones is 1. The van der Waals surface area contributed by atoms with Gasteiger partial charge in [-0.1, -0.05) is 6.07 Å². The van der Waals surface area contributed by atoms with Gasteiger partial charge < -0.3 is 9.15 Å². The number of imide groups is 1. The number of nitrogens with one attached hydrogen (secondary N) is 1. The first kappa shape index (κ1) is 22.3. The smallest absolute Gasteiger partial charge is 0.344 e. The van der Waals surface area contributed by atoms with Gasteiger partial charge in [-0.15, -0.1) is 0 Å². The highest BCUT2D eigenvalue weighted by atomic mass is 16.6. The average Bonchev–Trinajstić information content (AvgIpc) is 3.17. The summed E-state index contributed by atoms with van der Waals surface area (Å²) in [6.07, 6.45) is 0. The molecule has 0 unspecified atom stereocenters. The van der Waals surface area contributed by atoms with Crippen LogP contribution in [0.15, 0.2) is 22.6 Å².